The second-order valence-corrected chi connectivity index (χ2v) is 6.50. The molecule has 2 aliphatic rings. The van der Waals surface area contributed by atoms with Crippen LogP contribution in [-0.2, 0) is 6.42 Å². The van der Waals surface area contributed by atoms with Crippen molar-refractivity contribution in [3.05, 3.63) is 59.2 Å². The molecule has 0 aromatic heterocycles. The summed E-state index contributed by atoms with van der Waals surface area (Å²) in [6.45, 7) is 0. The number of benzene rings is 2. The molecule has 1 nitrogen and oxygen atoms in total. The summed E-state index contributed by atoms with van der Waals surface area (Å²) >= 11 is 0. The zero-order valence-corrected chi connectivity index (χ0v) is 12.7. The van der Waals surface area contributed by atoms with Gasteiger partial charge in [-0.05, 0) is 66.5 Å². The maximum Gasteiger partial charge on any atom is 0.0323 e. The van der Waals surface area contributed by atoms with E-state index in [2.05, 4.69) is 54.8 Å². The minimum absolute atomic E-state index is 0.536. The molecule has 1 saturated carbocycles. The Bertz CT molecular complexity index is 637. The fraction of sp³-hybridized carbons (Fsp3) is 0.400. The van der Waals surface area contributed by atoms with E-state index in [1.807, 2.05) is 0 Å². The number of hydrogen-bond donors (Lipinski definition) is 1. The summed E-state index contributed by atoms with van der Waals surface area (Å²) in [5.41, 5.74) is 7.40. The topological polar surface area (TPSA) is 12.0 Å². The van der Waals surface area contributed by atoms with E-state index in [0.29, 0.717) is 6.04 Å². The summed E-state index contributed by atoms with van der Waals surface area (Å²) in [6, 6.07) is 16.7. The van der Waals surface area contributed by atoms with Crippen LogP contribution in [0.2, 0.25) is 0 Å². The minimum atomic E-state index is 0.536. The van der Waals surface area contributed by atoms with Crippen LogP contribution in [0.25, 0.3) is 11.1 Å². The Morgan fingerprint density at radius 3 is 2.43 bits per heavy atom. The van der Waals surface area contributed by atoms with Crippen LogP contribution < -0.4 is 5.32 Å². The predicted octanol–water partition coefficient (Wildman–Crippen LogP) is 4.83. The van der Waals surface area contributed by atoms with Crippen LogP contribution in [0.4, 0.5) is 0 Å². The van der Waals surface area contributed by atoms with Crippen molar-refractivity contribution in [2.75, 3.05) is 7.05 Å². The van der Waals surface area contributed by atoms with Gasteiger partial charge in [0.2, 0.25) is 0 Å². The Labute approximate surface area is 127 Å². The largest absolute Gasteiger partial charge is 0.313 e. The number of nitrogens with one attached hydrogen (secondary N) is 1. The minimum Gasteiger partial charge on any atom is -0.313 e. The summed E-state index contributed by atoms with van der Waals surface area (Å²) in [5, 5.41) is 3.44. The van der Waals surface area contributed by atoms with Crippen LogP contribution in [0.5, 0.6) is 0 Å². The van der Waals surface area contributed by atoms with Crippen LogP contribution in [0.15, 0.2) is 42.5 Å². The molecule has 1 unspecified atom stereocenters. The molecule has 1 N–H and O–H groups in total. The van der Waals surface area contributed by atoms with Gasteiger partial charge in [-0.3, -0.25) is 0 Å². The molecule has 1 heteroatoms. The van der Waals surface area contributed by atoms with Gasteiger partial charge in [-0.25, -0.2) is 0 Å². The van der Waals surface area contributed by atoms with Gasteiger partial charge in [-0.1, -0.05) is 48.9 Å². The molecule has 2 aromatic carbocycles. The van der Waals surface area contributed by atoms with E-state index in [1.54, 1.807) is 5.56 Å². The zero-order valence-electron chi connectivity index (χ0n) is 12.7. The molecular weight excluding hydrogens is 254 g/mol. The third-order valence-corrected chi connectivity index (χ3v) is 5.42. The van der Waals surface area contributed by atoms with E-state index in [9.17, 15) is 0 Å². The van der Waals surface area contributed by atoms with Crippen molar-refractivity contribution in [2.24, 2.45) is 0 Å². The van der Waals surface area contributed by atoms with E-state index >= 15 is 0 Å². The van der Waals surface area contributed by atoms with Crippen LogP contribution in [-0.4, -0.2) is 7.05 Å². The summed E-state index contributed by atoms with van der Waals surface area (Å²) in [5.74, 6) is 0.828. The first-order valence-corrected chi connectivity index (χ1v) is 8.26. The lowest BCUT2D eigenvalue weighted by molar-refractivity contribution is 0.420. The van der Waals surface area contributed by atoms with E-state index in [4.69, 9.17) is 0 Å². The summed E-state index contributed by atoms with van der Waals surface area (Å²) in [4.78, 5) is 0. The monoisotopic (exact) mass is 277 g/mol. The molecule has 0 aliphatic heterocycles. The Hall–Kier alpha value is -1.60. The van der Waals surface area contributed by atoms with Crippen molar-refractivity contribution >= 4 is 0 Å². The molecule has 0 radical (unpaired) electrons. The Morgan fingerprint density at radius 2 is 1.76 bits per heavy atom. The predicted molar refractivity (Wildman–Crippen MR) is 88.6 cm³/mol. The molecule has 0 amide bonds. The number of rotatable bonds is 3. The first-order valence-electron chi connectivity index (χ1n) is 8.26. The van der Waals surface area contributed by atoms with Crippen LogP contribution in [0, 0.1) is 0 Å². The molecule has 0 spiro atoms. The van der Waals surface area contributed by atoms with Gasteiger partial charge in [0.1, 0.15) is 0 Å². The third kappa shape index (κ3) is 2.20. The quantitative estimate of drug-likeness (QED) is 0.847. The lowest BCUT2D eigenvalue weighted by atomic mass is 9.79. The van der Waals surface area contributed by atoms with Gasteiger partial charge in [-0.15, -0.1) is 0 Å². The molecule has 2 aliphatic carbocycles. The molecule has 4 rings (SSSR count). The molecule has 1 fully saturated rings. The summed E-state index contributed by atoms with van der Waals surface area (Å²) in [7, 11) is 2.07. The molecule has 21 heavy (non-hydrogen) atoms. The standard InChI is InChI=1S/C20H23N/c1-21-20-13-12-18-17(6-3-7-19(18)20)16-10-8-15(9-11-16)14-4-2-5-14/h3,6-11,14,20-21H,2,4-5,12-13H2,1H3. The maximum absolute atomic E-state index is 3.44. The van der Waals surface area contributed by atoms with Gasteiger partial charge in [-0.2, -0.15) is 0 Å². The van der Waals surface area contributed by atoms with Crippen molar-refractivity contribution < 1.29 is 0 Å². The van der Waals surface area contributed by atoms with Crippen molar-refractivity contribution in [1.29, 1.82) is 0 Å². The average molecular weight is 277 g/mol. The molecule has 0 heterocycles. The van der Waals surface area contributed by atoms with E-state index in [0.717, 1.165) is 5.92 Å². The van der Waals surface area contributed by atoms with Gasteiger partial charge < -0.3 is 5.32 Å². The van der Waals surface area contributed by atoms with E-state index < -0.39 is 0 Å². The van der Waals surface area contributed by atoms with Gasteiger partial charge in [0, 0.05) is 6.04 Å². The van der Waals surface area contributed by atoms with E-state index in [-0.39, 0.29) is 0 Å². The highest BCUT2D eigenvalue weighted by molar-refractivity contribution is 5.70. The molecule has 1 atom stereocenters. The van der Waals surface area contributed by atoms with Crippen molar-refractivity contribution in [3.63, 3.8) is 0 Å². The Kier molecular flexibility index (Phi) is 3.31. The fourth-order valence-corrected chi connectivity index (χ4v) is 3.90. The SMILES string of the molecule is CNC1CCc2c(-c3ccc(C4CCC4)cc3)cccc21. The van der Waals surface area contributed by atoms with Crippen LogP contribution in [0.1, 0.15) is 54.3 Å². The second-order valence-electron chi connectivity index (χ2n) is 6.50. The zero-order chi connectivity index (χ0) is 14.2. The third-order valence-electron chi connectivity index (χ3n) is 5.42. The first kappa shape index (κ1) is 13.1. The molecular formula is C20H23N. The van der Waals surface area contributed by atoms with Crippen molar-refractivity contribution in [3.8, 4) is 11.1 Å². The smallest absolute Gasteiger partial charge is 0.0323 e. The summed E-state index contributed by atoms with van der Waals surface area (Å²) in [6.07, 6.45) is 6.59. The number of fused-ring (bicyclic) bond motifs is 1. The molecule has 2 aromatic rings. The van der Waals surface area contributed by atoms with Gasteiger partial charge in [0.15, 0.2) is 0 Å². The highest BCUT2D eigenvalue weighted by Gasteiger charge is 2.24. The molecule has 0 bridgehead atoms. The lowest BCUT2D eigenvalue weighted by Crippen LogP contribution is -2.12. The van der Waals surface area contributed by atoms with Crippen LogP contribution in [0.3, 0.4) is 0 Å². The second kappa shape index (κ2) is 5.31. The normalized spacial score (nSPS) is 21.1. The molecule has 0 saturated heterocycles. The average Bonchev–Trinajstić information content (AvgIpc) is 2.89. The maximum atomic E-state index is 3.44. The summed E-state index contributed by atoms with van der Waals surface area (Å²) < 4.78 is 0. The van der Waals surface area contributed by atoms with Gasteiger partial charge in [0.05, 0.1) is 0 Å². The highest BCUT2D eigenvalue weighted by atomic mass is 14.9. The first-order chi connectivity index (χ1) is 10.4. The fourth-order valence-electron chi connectivity index (χ4n) is 3.90. The lowest BCUT2D eigenvalue weighted by Gasteiger charge is -2.26. The Balaban J connectivity index is 1.69. The van der Waals surface area contributed by atoms with Gasteiger partial charge in [0.25, 0.3) is 0 Å². The van der Waals surface area contributed by atoms with Gasteiger partial charge >= 0.3 is 0 Å². The highest BCUT2D eigenvalue weighted by Crippen LogP contribution is 2.39. The van der Waals surface area contributed by atoms with Crippen molar-refractivity contribution in [2.45, 2.75) is 44.1 Å². The van der Waals surface area contributed by atoms with E-state index in [1.165, 1.54) is 54.4 Å². The van der Waals surface area contributed by atoms with Crippen LogP contribution >= 0.6 is 0 Å². The number of hydrogen-bond acceptors (Lipinski definition) is 1. The molecule has 108 valence electrons. The Morgan fingerprint density at radius 1 is 0.952 bits per heavy atom. The van der Waals surface area contributed by atoms with Crippen molar-refractivity contribution in [1.82, 2.24) is 5.32 Å².